The maximum absolute atomic E-state index is 12.7. The van der Waals surface area contributed by atoms with Crippen molar-refractivity contribution in [3.05, 3.63) is 108 Å². The fourth-order valence-corrected chi connectivity index (χ4v) is 7.23. The first-order valence-electron chi connectivity index (χ1n) is 18.9. The highest BCUT2D eigenvalue weighted by Gasteiger charge is 2.57. The zero-order valence-corrected chi connectivity index (χ0v) is 33.7. The third-order valence-electron chi connectivity index (χ3n) is 9.52. The summed E-state index contributed by atoms with van der Waals surface area (Å²) in [6, 6.07) is 28.7. The van der Waals surface area contributed by atoms with Crippen LogP contribution in [0.15, 0.2) is 91.0 Å². The van der Waals surface area contributed by atoms with Crippen molar-refractivity contribution in [1.29, 1.82) is 0 Å². The van der Waals surface area contributed by atoms with E-state index in [-0.39, 0.29) is 6.61 Å². The molecule has 10 atom stereocenters. The number of esters is 6. The van der Waals surface area contributed by atoms with Gasteiger partial charge in [-0.15, -0.1) is 0 Å². The number of carbonyl (C=O) groups excluding carboxylic acids is 6. The zero-order chi connectivity index (χ0) is 42.9. The second-order valence-electron chi connectivity index (χ2n) is 14.0. The Morgan fingerprint density at radius 3 is 1.20 bits per heavy atom. The highest BCUT2D eigenvalue weighted by molar-refractivity contribution is 5.69. The quantitative estimate of drug-likeness (QED) is 0.127. The van der Waals surface area contributed by atoms with Crippen LogP contribution in [0.4, 0.5) is 0 Å². The van der Waals surface area contributed by atoms with Gasteiger partial charge in [0.05, 0.1) is 12.7 Å². The molecule has 16 nitrogen and oxygen atoms in total. The second kappa shape index (κ2) is 19.8. The first-order chi connectivity index (χ1) is 28.1. The number of ether oxygens (including phenoxy) is 10. The maximum atomic E-state index is 12.7. The lowest BCUT2D eigenvalue weighted by Gasteiger charge is -2.48. The van der Waals surface area contributed by atoms with Crippen molar-refractivity contribution in [1.82, 2.24) is 0 Å². The predicted octanol–water partition coefficient (Wildman–Crippen LogP) is 4.28. The molecule has 2 fully saturated rings. The molecule has 0 aromatic heterocycles. The van der Waals surface area contributed by atoms with Crippen LogP contribution >= 0.6 is 0 Å². The Hall–Kier alpha value is -5.68. The highest BCUT2D eigenvalue weighted by atomic mass is 16.8. The van der Waals surface area contributed by atoms with E-state index in [1.165, 1.54) is 6.92 Å². The molecule has 16 heteroatoms. The van der Waals surface area contributed by atoms with Gasteiger partial charge in [0.25, 0.3) is 0 Å². The molecule has 2 heterocycles. The van der Waals surface area contributed by atoms with E-state index in [9.17, 15) is 28.8 Å². The molecule has 316 valence electrons. The molecule has 0 saturated carbocycles. The summed E-state index contributed by atoms with van der Waals surface area (Å²) in [6.07, 6.45) is -14.0. The van der Waals surface area contributed by atoms with E-state index >= 15 is 0 Å². The Kier molecular flexibility index (Phi) is 14.9. The predicted molar refractivity (Wildman–Crippen MR) is 202 cm³/mol. The molecule has 5 rings (SSSR count). The first-order valence-corrected chi connectivity index (χ1v) is 18.9. The Labute approximate surface area is 341 Å². The van der Waals surface area contributed by atoms with Crippen LogP contribution in [0.5, 0.6) is 0 Å². The van der Waals surface area contributed by atoms with Crippen LogP contribution < -0.4 is 0 Å². The molecule has 2 aliphatic rings. The van der Waals surface area contributed by atoms with E-state index in [1.807, 2.05) is 91.0 Å². The largest absolute Gasteiger partial charge is 0.458 e. The summed E-state index contributed by atoms with van der Waals surface area (Å²) in [5.41, 5.74) is 1.16. The highest BCUT2D eigenvalue weighted by Crippen LogP contribution is 2.42. The van der Waals surface area contributed by atoms with E-state index in [4.69, 9.17) is 47.4 Å². The monoisotopic (exact) mass is 820 g/mol. The standard InChI is InChI=1S/C43H48O16/c1-24-34(23-50-43(31-17-11-8-12-18-31,32-19-13-9-14-20-32)33-21-15-10-16-22-33)57-41(37(53-27(4)46)35(24)51-25(2)44)59-42-39(55-29(6)48)36(52-26(3)45)38(54-28(5)47)40(58-42)56-30(7)49/h8-22,24,34-42H,23H2,1-7H3. The maximum Gasteiger partial charge on any atom is 0.305 e. The summed E-state index contributed by atoms with van der Waals surface area (Å²) >= 11 is 0. The molecule has 3 aromatic rings. The van der Waals surface area contributed by atoms with Gasteiger partial charge >= 0.3 is 35.8 Å². The molecule has 0 N–H and O–H groups in total. The fraction of sp³-hybridized carbons (Fsp3) is 0.442. The van der Waals surface area contributed by atoms with Crippen molar-refractivity contribution in [2.75, 3.05) is 6.61 Å². The summed E-state index contributed by atoms with van der Waals surface area (Å²) in [7, 11) is 0. The first kappa shape index (κ1) is 44.4. The Morgan fingerprint density at radius 1 is 0.458 bits per heavy atom. The summed E-state index contributed by atoms with van der Waals surface area (Å²) in [4.78, 5) is 74.7. The lowest BCUT2D eigenvalue weighted by atomic mass is 9.80. The van der Waals surface area contributed by atoms with E-state index in [0.717, 1.165) is 51.3 Å². The number of carbonyl (C=O) groups is 6. The van der Waals surface area contributed by atoms with Gasteiger partial charge < -0.3 is 47.4 Å². The topological polar surface area (TPSA) is 195 Å². The number of hydrogen-bond acceptors (Lipinski definition) is 16. The molecule has 0 spiro atoms. The van der Waals surface area contributed by atoms with Crippen LogP contribution in [0.1, 0.15) is 65.2 Å². The van der Waals surface area contributed by atoms with Gasteiger partial charge in [0, 0.05) is 47.5 Å². The normalized spacial score (nSPS) is 26.7. The van der Waals surface area contributed by atoms with E-state index in [1.54, 1.807) is 6.92 Å². The van der Waals surface area contributed by atoms with Gasteiger partial charge in [0.2, 0.25) is 25.0 Å². The minimum atomic E-state index is -1.83. The van der Waals surface area contributed by atoms with E-state index < -0.39 is 103 Å². The van der Waals surface area contributed by atoms with Crippen molar-refractivity contribution in [3.8, 4) is 0 Å². The average Bonchev–Trinajstić information content (AvgIpc) is 3.18. The van der Waals surface area contributed by atoms with E-state index in [2.05, 4.69) is 0 Å². The van der Waals surface area contributed by atoms with Crippen LogP contribution in [-0.4, -0.2) is 97.9 Å². The summed E-state index contributed by atoms with van der Waals surface area (Å²) in [5, 5.41) is 0. The number of benzene rings is 3. The lowest BCUT2D eigenvalue weighted by molar-refractivity contribution is -0.392. The van der Waals surface area contributed by atoms with Gasteiger partial charge in [-0.3, -0.25) is 28.8 Å². The average molecular weight is 821 g/mol. The molecule has 0 amide bonds. The zero-order valence-electron chi connectivity index (χ0n) is 33.7. The lowest BCUT2D eigenvalue weighted by Crippen LogP contribution is -2.65. The number of rotatable bonds is 14. The van der Waals surface area contributed by atoms with Crippen molar-refractivity contribution >= 4 is 35.8 Å². The minimum absolute atomic E-state index is 0.177. The third-order valence-corrected chi connectivity index (χ3v) is 9.52. The van der Waals surface area contributed by atoms with Crippen LogP contribution in [0.2, 0.25) is 0 Å². The van der Waals surface area contributed by atoms with Gasteiger partial charge in [0.1, 0.15) is 11.7 Å². The Bertz CT molecular complexity index is 1820. The minimum Gasteiger partial charge on any atom is -0.458 e. The van der Waals surface area contributed by atoms with Gasteiger partial charge in [-0.05, 0) is 16.7 Å². The van der Waals surface area contributed by atoms with Crippen molar-refractivity contribution in [3.63, 3.8) is 0 Å². The SMILES string of the molecule is CC(=O)OC1OC(OC2OC(COC(c3ccccc3)(c3ccccc3)c3ccccc3)C(C)C(OC(C)=O)C2OC(C)=O)C(OC(C)=O)C(OC(C)=O)C1OC(C)=O. The molecule has 3 aromatic carbocycles. The Balaban J connectivity index is 1.60. The molecular formula is C43H48O16. The van der Waals surface area contributed by atoms with Crippen LogP contribution in [0, 0.1) is 5.92 Å². The molecule has 2 saturated heterocycles. The smallest absolute Gasteiger partial charge is 0.305 e. The van der Waals surface area contributed by atoms with E-state index in [0.29, 0.717) is 0 Å². The van der Waals surface area contributed by atoms with Gasteiger partial charge in [-0.1, -0.05) is 97.9 Å². The van der Waals surface area contributed by atoms with Crippen molar-refractivity contribution in [2.24, 2.45) is 5.92 Å². The van der Waals surface area contributed by atoms with Crippen LogP contribution in [-0.2, 0) is 81.7 Å². The molecule has 0 radical (unpaired) electrons. The molecule has 59 heavy (non-hydrogen) atoms. The molecule has 10 unspecified atom stereocenters. The molecule has 0 aliphatic carbocycles. The molecular weight excluding hydrogens is 772 g/mol. The van der Waals surface area contributed by atoms with Crippen molar-refractivity contribution < 1.29 is 76.1 Å². The van der Waals surface area contributed by atoms with Crippen molar-refractivity contribution in [2.45, 2.75) is 110 Å². The summed E-state index contributed by atoms with van der Waals surface area (Å²) in [5.74, 6) is -5.78. The second-order valence-corrected chi connectivity index (χ2v) is 14.0. The van der Waals surface area contributed by atoms with Gasteiger partial charge in [0.15, 0.2) is 18.3 Å². The van der Waals surface area contributed by atoms with Crippen LogP contribution in [0.25, 0.3) is 0 Å². The van der Waals surface area contributed by atoms with Gasteiger partial charge in [-0.2, -0.15) is 0 Å². The summed E-state index contributed by atoms with van der Waals surface area (Å²) < 4.78 is 59.2. The molecule has 0 bridgehead atoms. The summed E-state index contributed by atoms with van der Waals surface area (Å²) in [6.45, 7) is 8.08. The Morgan fingerprint density at radius 2 is 0.797 bits per heavy atom. The third kappa shape index (κ3) is 10.9. The van der Waals surface area contributed by atoms with Gasteiger partial charge in [-0.25, -0.2) is 0 Å². The number of hydrogen-bond donors (Lipinski definition) is 0. The van der Waals surface area contributed by atoms with Crippen LogP contribution in [0.3, 0.4) is 0 Å². The molecule has 2 aliphatic heterocycles. The fourth-order valence-electron chi connectivity index (χ4n) is 7.23.